The minimum atomic E-state index is -1.09. The second-order valence-corrected chi connectivity index (χ2v) is 3.21. The Morgan fingerprint density at radius 1 is 1.75 bits per heavy atom. The number of carboxylic acids is 1. The highest BCUT2D eigenvalue weighted by atomic mass is 16.5. The summed E-state index contributed by atoms with van der Waals surface area (Å²) in [7, 11) is 0. The first-order valence-electron chi connectivity index (χ1n) is 3.95. The molecule has 0 spiro atoms. The normalized spacial score (nSPS) is 31.4. The first-order chi connectivity index (χ1) is 5.65. The summed E-state index contributed by atoms with van der Waals surface area (Å²) in [6, 6.07) is 0. The lowest BCUT2D eigenvalue weighted by molar-refractivity contribution is -0.148. The second kappa shape index (κ2) is 3.67. The number of rotatable bonds is 3. The van der Waals surface area contributed by atoms with Crippen molar-refractivity contribution < 1.29 is 19.4 Å². The van der Waals surface area contributed by atoms with E-state index in [0.717, 1.165) is 0 Å². The summed E-state index contributed by atoms with van der Waals surface area (Å²) in [4.78, 5) is 20.9. The van der Waals surface area contributed by atoms with Crippen LogP contribution in [0.5, 0.6) is 0 Å². The van der Waals surface area contributed by atoms with E-state index >= 15 is 0 Å². The molecular weight excluding hydrogens is 160 g/mol. The Morgan fingerprint density at radius 3 is 2.75 bits per heavy atom. The van der Waals surface area contributed by atoms with Crippen LogP contribution in [0.3, 0.4) is 0 Å². The molecule has 0 aromatic heterocycles. The number of ether oxygens (including phenoxy) is 1. The fourth-order valence-electron chi connectivity index (χ4n) is 1.38. The zero-order valence-electron chi connectivity index (χ0n) is 6.90. The smallest absolute Gasteiger partial charge is 0.316 e. The first-order valence-corrected chi connectivity index (χ1v) is 3.95. The standard InChI is InChI=1S/C8H12O4/c1-5-2-7(12-4-5)6(3-9)8(10)11/h3,5-7H,2,4H2,1H3,(H,10,11). The number of carbonyl (C=O) groups is 2. The van der Waals surface area contributed by atoms with Gasteiger partial charge in [-0.25, -0.2) is 0 Å². The molecule has 1 aliphatic rings. The van der Waals surface area contributed by atoms with Crippen LogP contribution in [0.4, 0.5) is 0 Å². The molecule has 1 saturated heterocycles. The van der Waals surface area contributed by atoms with E-state index in [1.54, 1.807) is 0 Å². The van der Waals surface area contributed by atoms with Gasteiger partial charge in [0, 0.05) is 6.61 Å². The highest BCUT2D eigenvalue weighted by molar-refractivity contribution is 5.87. The SMILES string of the molecule is CC1COC(C(C=O)C(=O)O)C1. The van der Waals surface area contributed by atoms with Crippen LogP contribution < -0.4 is 0 Å². The quantitative estimate of drug-likeness (QED) is 0.491. The highest BCUT2D eigenvalue weighted by Gasteiger charge is 2.33. The van der Waals surface area contributed by atoms with E-state index < -0.39 is 18.0 Å². The molecule has 0 aromatic rings. The Morgan fingerprint density at radius 2 is 2.42 bits per heavy atom. The van der Waals surface area contributed by atoms with Crippen LogP contribution in [0.25, 0.3) is 0 Å². The maximum Gasteiger partial charge on any atom is 0.316 e. The molecule has 3 unspecified atom stereocenters. The van der Waals surface area contributed by atoms with E-state index in [1.165, 1.54) is 0 Å². The third kappa shape index (κ3) is 1.82. The number of carboxylic acid groups (broad SMARTS) is 1. The van der Waals surface area contributed by atoms with Crippen LogP contribution in [-0.4, -0.2) is 30.1 Å². The van der Waals surface area contributed by atoms with Gasteiger partial charge in [-0.05, 0) is 12.3 Å². The zero-order valence-corrected chi connectivity index (χ0v) is 6.90. The van der Waals surface area contributed by atoms with E-state index in [0.29, 0.717) is 25.2 Å². The van der Waals surface area contributed by atoms with Crippen molar-refractivity contribution in [3.63, 3.8) is 0 Å². The summed E-state index contributed by atoms with van der Waals surface area (Å²) in [6.07, 6.45) is 0.691. The predicted octanol–water partition coefficient (Wildman–Crippen LogP) is 0.311. The van der Waals surface area contributed by atoms with Gasteiger partial charge in [-0.2, -0.15) is 0 Å². The van der Waals surface area contributed by atoms with Crippen molar-refractivity contribution >= 4 is 12.3 Å². The zero-order chi connectivity index (χ0) is 9.14. The molecule has 1 fully saturated rings. The molecule has 0 radical (unpaired) electrons. The minimum absolute atomic E-state index is 0.358. The van der Waals surface area contributed by atoms with Crippen molar-refractivity contribution in [1.29, 1.82) is 0 Å². The van der Waals surface area contributed by atoms with Crippen LogP contribution in [-0.2, 0) is 14.3 Å². The molecule has 4 heteroatoms. The van der Waals surface area contributed by atoms with Crippen molar-refractivity contribution in [2.45, 2.75) is 19.4 Å². The van der Waals surface area contributed by atoms with Crippen LogP contribution in [0, 0.1) is 11.8 Å². The summed E-state index contributed by atoms with van der Waals surface area (Å²) in [6.45, 7) is 2.53. The van der Waals surface area contributed by atoms with Gasteiger partial charge in [-0.15, -0.1) is 0 Å². The van der Waals surface area contributed by atoms with E-state index in [4.69, 9.17) is 9.84 Å². The average Bonchev–Trinajstić information content (AvgIpc) is 2.37. The molecule has 0 bridgehead atoms. The first kappa shape index (κ1) is 9.19. The highest BCUT2D eigenvalue weighted by Crippen LogP contribution is 2.23. The summed E-state index contributed by atoms with van der Waals surface area (Å²) in [5.41, 5.74) is 0. The van der Waals surface area contributed by atoms with Crippen molar-refractivity contribution in [3.8, 4) is 0 Å². The van der Waals surface area contributed by atoms with Gasteiger partial charge in [0.25, 0.3) is 0 Å². The van der Waals surface area contributed by atoms with Crippen molar-refractivity contribution in [1.82, 2.24) is 0 Å². The van der Waals surface area contributed by atoms with Gasteiger partial charge >= 0.3 is 5.97 Å². The minimum Gasteiger partial charge on any atom is -0.481 e. The monoisotopic (exact) mass is 172 g/mol. The third-order valence-electron chi connectivity index (χ3n) is 2.06. The Balaban J connectivity index is 2.55. The fourth-order valence-corrected chi connectivity index (χ4v) is 1.38. The van der Waals surface area contributed by atoms with Crippen molar-refractivity contribution in [2.24, 2.45) is 11.8 Å². The van der Waals surface area contributed by atoms with Crippen molar-refractivity contribution in [2.75, 3.05) is 6.61 Å². The second-order valence-electron chi connectivity index (χ2n) is 3.21. The number of aldehydes is 1. The summed E-state index contributed by atoms with van der Waals surface area (Å²) in [5, 5.41) is 8.61. The fraction of sp³-hybridized carbons (Fsp3) is 0.750. The largest absolute Gasteiger partial charge is 0.481 e. The Kier molecular flexibility index (Phi) is 2.81. The molecule has 4 nitrogen and oxygen atoms in total. The molecule has 0 amide bonds. The lowest BCUT2D eigenvalue weighted by Crippen LogP contribution is -2.28. The van der Waals surface area contributed by atoms with Crippen molar-refractivity contribution in [3.05, 3.63) is 0 Å². The molecule has 1 N–H and O–H groups in total. The molecular formula is C8H12O4. The molecule has 1 heterocycles. The maximum absolute atomic E-state index is 10.5. The lowest BCUT2D eigenvalue weighted by atomic mass is 9.98. The number of carbonyl (C=O) groups excluding carboxylic acids is 1. The van der Waals surface area contributed by atoms with Gasteiger partial charge in [0.15, 0.2) is 0 Å². The topological polar surface area (TPSA) is 63.6 Å². The number of aliphatic carboxylic acids is 1. The van der Waals surface area contributed by atoms with E-state index in [1.807, 2.05) is 6.92 Å². The number of hydrogen-bond acceptors (Lipinski definition) is 3. The number of hydrogen-bond donors (Lipinski definition) is 1. The van der Waals surface area contributed by atoms with Gasteiger partial charge in [-0.3, -0.25) is 4.79 Å². The van der Waals surface area contributed by atoms with E-state index in [-0.39, 0.29) is 0 Å². The van der Waals surface area contributed by atoms with Gasteiger partial charge in [0.2, 0.25) is 0 Å². The average molecular weight is 172 g/mol. The molecule has 1 rings (SSSR count). The van der Waals surface area contributed by atoms with Gasteiger partial charge in [-0.1, -0.05) is 6.92 Å². The Labute approximate surface area is 70.5 Å². The molecule has 3 atom stereocenters. The van der Waals surface area contributed by atoms with Crippen LogP contribution in [0.1, 0.15) is 13.3 Å². The molecule has 12 heavy (non-hydrogen) atoms. The van der Waals surface area contributed by atoms with Gasteiger partial charge in [0.1, 0.15) is 12.2 Å². The molecule has 0 saturated carbocycles. The Hall–Kier alpha value is -0.900. The van der Waals surface area contributed by atoms with E-state index in [2.05, 4.69) is 0 Å². The summed E-state index contributed by atoms with van der Waals surface area (Å²) >= 11 is 0. The summed E-state index contributed by atoms with van der Waals surface area (Å²) in [5.74, 6) is -1.73. The maximum atomic E-state index is 10.5. The Bertz CT molecular complexity index is 189. The molecule has 0 aromatic carbocycles. The van der Waals surface area contributed by atoms with Gasteiger partial charge in [0.05, 0.1) is 6.10 Å². The van der Waals surface area contributed by atoms with Crippen LogP contribution in [0.2, 0.25) is 0 Å². The molecule has 1 aliphatic heterocycles. The third-order valence-corrected chi connectivity index (χ3v) is 2.06. The lowest BCUT2D eigenvalue weighted by Gasteiger charge is -2.11. The summed E-state index contributed by atoms with van der Waals surface area (Å²) < 4.78 is 5.17. The molecule has 68 valence electrons. The van der Waals surface area contributed by atoms with Crippen LogP contribution >= 0.6 is 0 Å². The molecule has 0 aliphatic carbocycles. The van der Waals surface area contributed by atoms with E-state index in [9.17, 15) is 9.59 Å². The van der Waals surface area contributed by atoms with Gasteiger partial charge < -0.3 is 14.6 Å². The van der Waals surface area contributed by atoms with Crippen LogP contribution in [0.15, 0.2) is 0 Å². The predicted molar refractivity (Wildman–Crippen MR) is 40.7 cm³/mol.